The first-order valence-electron chi connectivity index (χ1n) is 13.5. The average molecular weight is 542 g/mol. The molecule has 4 aliphatic rings. The van der Waals surface area contributed by atoms with Crippen LogP contribution in [0.15, 0.2) is 42.5 Å². The van der Waals surface area contributed by atoms with Crippen molar-refractivity contribution in [3.8, 4) is 5.75 Å². The molecular formula is C29H30F3N3O4. The third-order valence-electron chi connectivity index (χ3n) is 8.53. The van der Waals surface area contributed by atoms with E-state index in [0.717, 1.165) is 37.3 Å². The van der Waals surface area contributed by atoms with E-state index in [1.165, 1.54) is 11.0 Å². The quantitative estimate of drug-likeness (QED) is 0.573. The number of carbonyl (C=O) groups is 3. The Labute approximate surface area is 224 Å². The van der Waals surface area contributed by atoms with Gasteiger partial charge >= 0.3 is 6.18 Å². The van der Waals surface area contributed by atoms with Gasteiger partial charge in [-0.1, -0.05) is 24.6 Å². The van der Waals surface area contributed by atoms with Gasteiger partial charge in [-0.3, -0.25) is 24.6 Å². The molecule has 3 atom stereocenters. The average Bonchev–Trinajstić information content (AvgIpc) is 3.19. The van der Waals surface area contributed by atoms with Crippen molar-refractivity contribution in [2.45, 2.75) is 75.4 Å². The van der Waals surface area contributed by atoms with Crippen LogP contribution in [0.3, 0.4) is 0 Å². The van der Waals surface area contributed by atoms with Gasteiger partial charge in [-0.15, -0.1) is 0 Å². The van der Waals surface area contributed by atoms with Gasteiger partial charge in [0.15, 0.2) is 0 Å². The van der Waals surface area contributed by atoms with E-state index in [-0.39, 0.29) is 42.8 Å². The number of halogens is 3. The van der Waals surface area contributed by atoms with Crippen LogP contribution in [0, 0.1) is 0 Å². The number of carbonyl (C=O) groups excluding carboxylic acids is 3. The SMILES string of the molecule is O=C1CCC(N2Cc3cc(O[C@H]4CCCC[C@H]4N4CC(c5ccccc5C(F)(F)F)C4)ccc3C2=O)C(=O)N1. The predicted octanol–water partition coefficient (Wildman–Crippen LogP) is 4.26. The topological polar surface area (TPSA) is 79.0 Å². The standard InChI is InChI=1S/C29H30F3N3O4/c30-29(31,32)22-6-2-1-5-20(22)18-14-34(15-18)23-7-3-4-8-25(23)39-19-9-10-21-17(13-19)16-35(28(21)38)24-11-12-26(36)33-27(24)37/h1-2,5-6,9-10,13,18,23-25H,3-4,7-8,11-12,14-16H2,(H,33,36,37)/t23-,24?,25+/m1/s1. The van der Waals surface area contributed by atoms with E-state index in [1.54, 1.807) is 24.3 Å². The number of fused-ring (bicyclic) bond motifs is 1. The Morgan fingerprint density at radius 2 is 1.72 bits per heavy atom. The van der Waals surface area contributed by atoms with E-state index in [4.69, 9.17) is 4.74 Å². The molecule has 0 aromatic heterocycles. The molecule has 3 amide bonds. The normalized spacial score (nSPS) is 26.3. The fourth-order valence-electron chi connectivity index (χ4n) is 6.52. The maximum absolute atomic E-state index is 13.5. The molecule has 3 heterocycles. The van der Waals surface area contributed by atoms with E-state index >= 15 is 0 Å². The van der Waals surface area contributed by atoms with Crippen LogP contribution < -0.4 is 10.1 Å². The van der Waals surface area contributed by atoms with Gasteiger partial charge in [0.25, 0.3) is 5.91 Å². The second kappa shape index (κ2) is 9.97. The van der Waals surface area contributed by atoms with Crippen molar-refractivity contribution in [3.05, 3.63) is 64.7 Å². The summed E-state index contributed by atoms with van der Waals surface area (Å²) in [6.45, 7) is 1.41. The van der Waals surface area contributed by atoms with Crippen molar-refractivity contribution < 1.29 is 32.3 Å². The minimum absolute atomic E-state index is 0.0982. The number of hydrogen-bond acceptors (Lipinski definition) is 5. The smallest absolute Gasteiger partial charge is 0.416 e. The molecule has 39 heavy (non-hydrogen) atoms. The predicted molar refractivity (Wildman–Crippen MR) is 135 cm³/mol. The Kier molecular flexibility index (Phi) is 6.61. The lowest BCUT2D eigenvalue weighted by Crippen LogP contribution is -2.57. The largest absolute Gasteiger partial charge is 0.489 e. The number of likely N-dealkylation sites (tertiary alicyclic amines) is 1. The fraction of sp³-hybridized carbons (Fsp3) is 0.483. The third-order valence-corrected chi connectivity index (χ3v) is 8.53. The van der Waals surface area contributed by atoms with Gasteiger partial charge in [0, 0.05) is 43.6 Å². The molecule has 2 aromatic carbocycles. The van der Waals surface area contributed by atoms with Gasteiger partial charge in [0.1, 0.15) is 17.9 Å². The van der Waals surface area contributed by atoms with Gasteiger partial charge in [0.2, 0.25) is 11.8 Å². The summed E-state index contributed by atoms with van der Waals surface area (Å²) in [4.78, 5) is 40.6. The number of benzene rings is 2. The van der Waals surface area contributed by atoms with E-state index in [0.29, 0.717) is 36.4 Å². The van der Waals surface area contributed by atoms with E-state index in [1.807, 2.05) is 6.07 Å². The molecule has 0 bridgehead atoms. The first-order valence-corrected chi connectivity index (χ1v) is 13.5. The molecule has 2 saturated heterocycles. The van der Waals surface area contributed by atoms with Gasteiger partial charge < -0.3 is 9.64 Å². The number of ether oxygens (including phenoxy) is 1. The number of imide groups is 1. The number of amides is 3. The highest BCUT2D eigenvalue weighted by Gasteiger charge is 2.43. The Morgan fingerprint density at radius 3 is 2.49 bits per heavy atom. The number of piperidine rings is 1. The van der Waals surface area contributed by atoms with Crippen molar-refractivity contribution in [3.63, 3.8) is 0 Å². The summed E-state index contributed by atoms with van der Waals surface area (Å²) < 4.78 is 47.0. The molecule has 1 unspecified atom stereocenters. The van der Waals surface area contributed by atoms with Crippen LogP contribution in [0.5, 0.6) is 5.75 Å². The molecule has 7 nitrogen and oxygen atoms in total. The number of hydrogen-bond donors (Lipinski definition) is 1. The molecule has 0 spiro atoms. The molecule has 3 aliphatic heterocycles. The van der Waals surface area contributed by atoms with Crippen LogP contribution in [-0.2, 0) is 22.3 Å². The molecule has 3 fully saturated rings. The van der Waals surface area contributed by atoms with Crippen molar-refractivity contribution >= 4 is 17.7 Å². The lowest BCUT2D eigenvalue weighted by atomic mass is 9.83. The van der Waals surface area contributed by atoms with Crippen molar-refractivity contribution in [1.29, 1.82) is 0 Å². The first kappa shape index (κ1) is 25.9. The maximum Gasteiger partial charge on any atom is 0.416 e. The number of nitrogens with one attached hydrogen (secondary N) is 1. The van der Waals surface area contributed by atoms with E-state index in [2.05, 4.69) is 10.2 Å². The summed E-state index contributed by atoms with van der Waals surface area (Å²) in [5.41, 5.74) is 1.12. The molecule has 10 heteroatoms. The Bertz CT molecular complexity index is 1310. The molecule has 2 aromatic rings. The zero-order valence-corrected chi connectivity index (χ0v) is 21.4. The second-order valence-electron chi connectivity index (χ2n) is 11.0. The van der Waals surface area contributed by atoms with Crippen LogP contribution in [0.1, 0.15) is 71.5 Å². The number of rotatable bonds is 5. The number of nitrogens with zero attached hydrogens (tertiary/aromatic N) is 2. The molecule has 206 valence electrons. The third kappa shape index (κ3) is 4.90. The van der Waals surface area contributed by atoms with Crippen molar-refractivity contribution in [1.82, 2.24) is 15.1 Å². The second-order valence-corrected chi connectivity index (χ2v) is 11.0. The Balaban J connectivity index is 1.12. The number of alkyl halides is 3. The lowest BCUT2D eigenvalue weighted by molar-refractivity contribution is -0.139. The molecular weight excluding hydrogens is 511 g/mol. The Hall–Kier alpha value is -3.40. The summed E-state index contributed by atoms with van der Waals surface area (Å²) in [6, 6.07) is 10.6. The zero-order valence-electron chi connectivity index (χ0n) is 21.4. The van der Waals surface area contributed by atoms with Gasteiger partial charge in [-0.05, 0) is 61.1 Å². The van der Waals surface area contributed by atoms with Crippen molar-refractivity contribution in [2.75, 3.05) is 13.1 Å². The highest BCUT2D eigenvalue weighted by atomic mass is 19.4. The van der Waals surface area contributed by atoms with Crippen molar-refractivity contribution in [2.24, 2.45) is 0 Å². The van der Waals surface area contributed by atoms with Gasteiger partial charge in [-0.2, -0.15) is 13.2 Å². The molecule has 0 radical (unpaired) electrons. The monoisotopic (exact) mass is 541 g/mol. The first-order chi connectivity index (χ1) is 18.7. The molecule has 6 rings (SSSR count). The molecule has 1 saturated carbocycles. The van der Waals surface area contributed by atoms with Gasteiger partial charge in [0.05, 0.1) is 5.56 Å². The minimum Gasteiger partial charge on any atom is -0.489 e. The maximum atomic E-state index is 13.5. The van der Waals surface area contributed by atoms with E-state index in [9.17, 15) is 27.6 Å². The zero-order chi connectivity index (χ0) is 27.3. The molecule has 1 N–H and O–H groups in total. The van der Waals surface area contributed by atoms with Crippen LogP contribution in [-0.4, -0.2) is 58.8 Å². The summed E-state index contributed by atoms with van der Waals surface area (Å²) in [6.07, 6.45) is -0.120. The summed E-state index contributed by atoms with van der Waals surface area (Å²) in [7, 11) is 0. The van der Waals surface area contributed by atoms with Crippen LogP contribution in [0.4, 0.5) is 13.2 Å². The van der Waals surface area contributed by atoms with Crippen LogP contribution >= 0.6 is 0 Å². The lowest BCUT2D eigenvalue weighted by Gasteiger charge is -2.49. The highest BCUT2D eigenvalue weighted by Crippen LogP contribution is 2.41. The van der Waals surface area contributed by atoms with E-state index < -0.39 is 23.7 Å². The molecule has 1 aliphatic carbocycles. The minimum atomic E-state index is -4.36. The Morgan fingerprint density at radius 1 is 0.949 bits per heavy atom. The fourth-order valence-corrected chi connectivity index (χ4v) is 6.52. The van der Waals surface area contributed by atoms with Gasteiger partial charge in [-0.25, -0.2) is 0 Å². The highest BCUT2D eigenvalue weighted by molar-refractivity contribution is 6.05. The summed E-state index contributed by atoms with van der Waals surface area (Å²) in [5.74, 6) is -0.513. The summed E-state index contributed by atoms with van der Waals surface area (Å²) in [5, 5.41) is 2.31. The van der Waals surface area contributed by atoms with Crippen LogP contribution in [0.2, 0.25) is 0 Å². The summed E-state index contributed by atoms with van der Waals surface area (Å²) >= 11 is 0. The van der Waals surface area contributed by atoms with Crippen LogP contribution in [0.25, 0.3) is 0 Å².